The van der Waals surface area contributed by atoms with Gasteiger partial charge in [0.2, 0.25) is 0 Å². The number of amides is 1. The summed E-state index contributed by atoms with van der Waals surface area (Å²) in [5, 5.41) is 1.05. The van der Waals surface area contributed by atoms with E-state index in [-0.39, 0.29) is 11.3 Å². The van der Waals surface area contributed by atoms with Gasteiger partial charge < -0.3 is 14.6 Å². The van der Waals surface area contributed by atoms with E-state index in [1.54, 1.807) is 7.11 Å². The zero-order chi connectivity index (χ0) is 17.1. The third kappa shape index (κ3) is 2.48. The summed E-state index contributed by atoms with van der Waals surface area (Å²) >= 11 is 0. The van der Waals surface area contributed by atoms with Crippen molar-refractivity contribution in [1.82, 2.24) is 9.88 Å². The molecule has 2 aliphatic rings. The van der Waals surface area contributed by atoms with Crippen LogP contribution in [0.2, 0.25) is 0 Å². The first kappa shape index (κ1) is 15.6. The Morgan fingerprint density at radius 1 is 1.25 bits per heavy atom. The van der Waals surface area contributed by atoms with Crippen LogP contribution in [0.3, 0.4) is 0 Å². The number of ether oxygens (including phenoxy) is 1. The molecule has 0 spiro atoms. The van der Waals surface area contributed by atoms with E-state index in [2.05, 4.69) is 30.7 Å². The van der Waals surface area contributed by atoms with Crippen molar-refractivity contribution in [2.45, 2.75) is 46.1 Å². The standard InChI is InChI=1S/C20H26N2O2/c1-19(2)9-14-10-20(3,11-19)12-22(14)18(23)17-7-13-5-6-15(24-4)8-16(13)21-17/h5-8,14,21H,9-12H2,1-4H3/t14-,20-/m0/s1. The van der Waals surface area contributed by atoms with Gasteiger partial charge in [-0.1, -0.05) is 20.8 Å². The molecule has 1 aromatic heterocycles. The van der Waals surface area contributed by atoms with Crippen molar-refractivity contribution in [2.75, 3.05) is 13.7 Å². The van der Waals surface area contributed by atoms with Gasteiger partial charge in [-0.25, -0.2) is 0 Å². The molecule has 1 aromatic carbocycles. The second kappa shape index (κ2) is 5.01. The molecule has 1 saturated heterocycles. The number of fused-ring (bicyclic) bond motifs is 3. The van der Waals surface area contributed by atoms with Gasteiger partial charge in [0, 0.05) is 29.6 Å². The highest BCUT2D eigenvalue weighted by Crippen LogP contribution is 2.52. The van der Waals surface area contributed by atoms with E-state index in [9.17, 15) is 4.79 Å². The lowest BCUT2D eigenvalue weighted by Gasteiger charge is -2.39. The average Bonchev–Trinajstić information content (AvgIpc) is 3.02. The van der Waals surface area contributed by atoms with Gasteiger partial charge in [-0.15, -0.1) is 0 Å². The number of nitrogens with zero attached hydrogens (tertiary/aromatic N) is 1. The van der Waals surface area contributed by atoms with Crippen molar-refractivity contribution in [2.24, 2.45) is 10.8 Å². The summed E-state index contributed by atoms with van der Waals surface area (Å²) in [4.78, 5) is 18.5. The molecule has 0 unspecified atom stereocenters. The van der Waals surface area contributed by atoms with Crippen LogP contribution in [0, 0.1) is 10.8 Å². The van der Waals surface area contributed by atoms with E-state index in [1.165, 1.54) is 6.42 Å². The summed E-state index contributed by atoms with van der Waals surface area (Å²) in [6, 6.07) is 8.20. The summed E-state index contributed by atoms with van der Waals surface area (Å²) in [5.41, 5.74) is 2.22. The highest BCUT2D eigenvalue weighted by atomic mass is 16.5. The molecule has 1 saturated carbocycles. The number of methoxy groups -OCH3 is 1. The maximum Gasteiger partial charge on any atom is 0.270 e. The van der Waals surface area contributed by atoms with Crippen LogP contribution >= 0.6 is 0 Å². The number of carbonyl (C=O) groups is 1. The largest absolute Gasteiger partial charge is 0.497 e. The molecule has 24 heavy (non-hydrogen) atoms. The fraction of sp³-hybridized carbons (Fsp3) is 0.550. The minimum atomic E-state index is 0.136. The van der Waals surface area contributed by atoms with Crippen LogP contribution in [0.4, 0.5) is 0 Å². The molecule has 2 bridgehead atoms. The third-order valence-electron chi connectivity index (χ3n) is 5.74. The minimum Gasteiger partial charge on any atom is -0.497 e. The number of benzene rings is 1. The maximum atomic E-state index is 13.1. The molecule has 4 heteroatoms. The van der Waals surface area contributed by atoms with Crippen molar-refractivity contribution >= 4 is 16.8 Å². The topological polar surface area (TPSA) is 45.3 Å². The van der Waals surface area contributed by atoms with Gasteiger partial charge in [0.15, 0.2) is 0 Å². The van der Waals surface area contributed by atoms with E-state index in [0.29, 0.717) is 17.2 Å². The van der Waals surface area contributed by atoms with Gasteiger partial charge in [0.05, 0.1) is 7.11 Å². The Balaban J connectivity index is 1.64. The molecule has 2 aromatic rings. The average molecular weight is 326 g/mol. The molecule has 128 valence electrons. The number of hydrogen-bond acceptors (Lipinski definition) is 2. The Morgan fingerprint density at radius 2 is 2.04 bits per heavy atom. The summed E-state index contributed by atoms with van der Waals surface area (Å²) in [7, 11) is 1.66. The number of hydrogen-bond donors (Lipinski definition) is 1. The SMILES string of the molecule is COc1ccc2cc(C(=O)N3C[C@@]4(C)C[C@@H]3CC(C)(C)C4)[nH]c2c1. The fourth-order valence-corrected chi connectivity index (χ4v) is 5.20. The van der Waals surface area contributed by atoms with Crippen LogP contribution in [-0.4, -0.2) is 35.5 Å². The lowest BCUT2D eigenvalue weighted by atomic mass is 9.65. The first-order chi connectivity index (χ1) is 11.3. The molecule has 1 N–H and O–H groups in total. The van der Waals surface area contributed by atoms with Crippen LogP contribution < -0.4 is 4.74 Å². The van der Waals surface area contributed by atoms with E-state index < -0.39 is 0 Å². The summed E-state index contributed by atoms with van der Waals surface area (Å²) < 4.78 is 5.27. The molecule has 1 aliphatic carbocycles. The lowest BCUT2D eigenvalue weighted by Crippen LogP contribution is -2.37. The van der Waals surface area contributed by atoms with E-state index in [0.717, 1.165) is 36.0 Å². The van der Waals surface area contributed by atoms with Crippen LogP contribution in [0.1, 0.15) is 50.5 Å². The van der Waals surface area contributed by atoms with Gasteiger partial charge in [-0.2, -0.15) is 0 Å². The van der Waals surface area contributed by atoms with Gasteiger partial charge in [0.1, 0.15) is 11.4 Å². The van der Waals surface area contributed by atoms with E-state index in [1.807, 2.05) is 24.3 Å². The zero-order valence-corrected chi connectivity index (χ0v) is 15.0. The van der Waals surface area contributed by atoms with Crippen LogP contribution in [-0.2, 0) is 0 Å². The molecular formula is C20H26N2O2. The highest BCUT2D eigenvalue weighted by molar-refractivity contribution is 5.98. The van der Waals surface area contributed by atoms with Gasteiger partial charge in [0.25, 0.3) is 5.91 Å². The van der Waals surface area contributed by atoms with Crippen molar-refractivity contribution in [3.05, 3.63) is 30.0 Å². The van der Waals surface area contributed by atoms with Crippen molar-refractivity contribution < 1.29 is 9.53 Å². The predicted octanol–water partition coefficient (Wildman–Crippen LogP) is 4.22. The molecule has 1 amide bonds. The molecule has 1 aliphatic heterocycles. The van der Waals surface area contributed by atoms with E-state index >= 15 is 0 Å². The number of aromatic amines is 1. The first-order valence-electron chi connectivity index (χ1n) is 8.76. The first-order valence-corrected chi connectivity index (χ1v) is 8.76. The summed E-state index contributed by atoms with van der Waals surface area (Å²) in [6.45, 7) is 7.88. The molecule has 4 rings (SSSR count). The Bertz CT molecular complexity index is 807. The smallest absolute Gasteiger partial charge is 0.270 e. The predicted molar refractivity (Wildman–Crippen MR) is 95.4 cm³/mol. The second-order valence-electron chi connectivity index (χ2n) is 8.78. The van der Waals surface area contributed by atoms with Crippen LogP contribution in [0.25, 0.3) is 10.9 Å². The van der Waals surface area contributed by atoms with Crippen LogP contribution in [0.5, 0.6) is 5.75 Å². The normalized spacial score (nSPS) is 28.3. The summed E-state index contributed by atoms with van der Waals surface area (Å²) in [6.07, 6.45) is 3.43. The number of likely N-dealkylation sites (tertiary alicyclic amines) is 1. The Labute approximate surface area is 143 Å². The Kier molecular flexibility index (Phi) is 3.25. The van der Waals surface area contributed by atoms with Gasteiger partial charge in [-0.3, -0.25) is 4.79 Å². The highest BCUT2D eigenvalue weighted by Gasteiger charge is 2.51. The third-order valence-corrected chi connectivity index (χ3v) is 5.74. The van der Waals surface area contributed by atoms with Crippen molar-refractivity contribution in [1.29, 1.82) is 0 Å². The molecule has 0 radical (unpaired) electrons. The fourth-order valence-electron chi connectivity index (χ4n) is 5.20. The van der Waals surface area contributed by atoms with Crippen LogP contribution in [0.15, 0.2) is 24.3 Å². The van der Waals surface area contributed by atoms with E-state index in [4.69, 9.17) is 4.74 Å². The molecular weight excluding hydrogens is 300 g/mol. The molecule has 2 fully saturated rings. The maximum absolute atomic E-state index is 13.1. The molecule has 2 atom stereocenters. The number of carbonyl (C=O) groups excluding carboxylic acids is 1. The van der Waals surface area contributed by atoms with Crippen molar-refractivity contribution in [3.63, 3.8) is 0 Å². The van der Waals surface area contributed by atoms with Crippen molar-refractivity contribution in [3.8, 4) is 5.75 Å². The number of rotatable bonds is 2. The number of nitrogens with one attached hydrogen (secondary N) is 1. The minimum absolute atomic E-state index is 0.136. The second-order valence-corrected chi connectivity index (χ2v) is 8.78. The quantitative estimate of drug-likeness (QED) is 0.898. The zero-order valence-electron chi connectivity index (χ0n) is 15.0. The van der Waals surface area contributed by atoms with Gasteiger partial charge in [-0.05, 0) is 48.3 Å². The summed E-state index contributed by atoms with van der Waals surface area (Å²) in [5.74, 6) is 0.936. The number of H-pyrrole nitrogens is 1. The lowest BCUT2D eigenvalue weighted by molar-refractivity contribution is 0.0703. The monoisotopic (exact) mass is 326 g/mol. The molecule has 2 heterocycles. The molecule has 4 nitrogen and oxygen atoms in total. The Hall–Kier alpha value is -1.97. The van der Waals surface area contributed by atoms with Gasteiger partial charge >= 0.3 is 0 Å². The Morgan fingerprint density at radius 3 is 2.79 bits per heavy atom. The number of aromatic nitrogens is 1.